The molecule has 2 aromatic rings. The molecule has 0 unspecified atom stereocenters. The summed E-state index contributed by atoms with van der Waals surface area (Å²) in [5.74, 6) is 6.16. The van der Waals surface area contributed by atoms with Crippen molar-refractivity contribution in [1.29, 1.82) is 0 Å². The van der Waals surface area contributed by atoms with Crippen molar-refractivity contribution in [3.63, 3.8) is 0 Å². The largest absolute Gasteiger partial charge is 0.398 e. The fourth-order valence-corrected chi connectivity index (χ4v) is 1.72. The molecule has 0 N–H and O–H groups in total. The third-order valence-electron chi connectivity index (χ3n) is 2.68. The number of nitrogens with zero attached hydrogens (tertiary/aromatic N) is 1. The number of oxime groups is 1. The van der Waals surface area contributed by atoms with Gasteiger partial charge >= 0.3 is 0 Å². The van der Waals surface area contributed by atoms with Gasteiger partial charge in [-0.25, -0.2) is 0 Å². The molecule has 0 saturated heterocycles. The smallest absolute Gasteiger partial charge is 0.160 e. The Hall–Kier alpha value is -2.53. The Bertz CT molecular complexity index is 633. The van der Waals surface area contributed by atoms with E-state index >= 15 is 0 Å². The first-order valence-corrected chi connectivity index (χ1v) is 6.05. The lowest BCUT2D eigenvalue weighted by Crippen LogP contribution is -2.01. The number of rotatable bonds is 2. The number of hydrogen-bond donors (Lipinski definition) is 0. The molecule has 0 aliphatic heterocycles. The van der Waals surface area contributed by atoms with E-state index < -0.39 is 0 Å². The number of hydrogen-bond acceptors (Lipinski definition) is 2. The lowest BCUT2D eigenvalue weighted by atomic mass is 10.0. The van der Waals surface area contributed by atoms with Gasteiger partial charge in [0.05, 0.1) is 0 Å². The molecule has 0 atom stereocenters. The van der Waals surface area contributed by atoms with Crippen molar-refractivity contribution in [3.05, 3.63) is 71.3 Å². The first-order chi connectivity index (χ1) is 9.31. The van der Waals surface area contributed by atoms with Gasteiger partial charge in [0.15, 0.2) is 5.71 Å². The first-order valence-electron chi connectivity index (χ1n) is 6.05. The van der Waals surface area contributed by atoms with Crippen LogP contribution in [0.3, 0.4) is 0 Å². The van der Waals surface area contributed by atoms with Crippen molar-refractivity contribution in [3.8, 4) is 11.8 Å². The second kappa shape index (κ2) is 6.42. The van der Waals surface area contributed by atoms with E-state index in [-0.39, 0.29) is 0 Å². The quantitative estimate of drug-likeness (QED) is 0.454. The van der Waals surface area contributed by atoms with E-state index in [0.29, 0.717) is 5.71 Å². The van der Waals surface area contributed by atoms with E-state index in [1.165, 1.54) is 7.11 Å². The van der Waals surface area contributed by atoms with Crippen LogP contribution in [0.4, 0.5) is 0 Å². The van der Waals surface area contributed by atoms with Crippen LogP contribution in [-0.2, 0) is 4.84 Å². The summed E-state index contributed by atoms with van der Waals surface area (Å²) in [7, 11) is 1.53. The zero-order valence-electron chi connectivity index (χ0n) is 11.1. The monoisotopic (exact) mass is 249 g/mol. The van der Waals surface area contributed by atoms with Crippen LogP contribution in [0.15, 0.2) is 59.8 Å². The van der Waals surface area contributed by atoms with Gasteiger partial charge in [0.25, 0.3) is 0 Å². The lowest BCUT2D eigenvalue weighted by molar-refractivity contribution is 0.214. The van der Waals surface area contributed by atoms with E-state index in [0.717, 1.165) is 16.7 Å². The normalized spacial score (nSPS) is 10.5. The van der Waals surface area contributed by atoms with Gasteiger partial charge in [0.1, 0.15) is 7.11 Å². The van der Waals surface area contributed by atoms with E-state index in [2.05, 4.69) is 17.0 Å². The zero-order chi connectivity index (χ0) is 13.5. The third kappa shape index (κ3) is 3.46. The molecule has 0 aromatic heterocycles. The summed E-state index contributed by atoms with van der Waals surface area (Å²) < 4.78 is 0. The van der Waals surface area contributed by atoms with E-state index in [4.69, 9.17) is 4.84 Å². The molecule has 0 aliphatic carbocycles. The van der Waals surface area contributed by atoms with Gasteiger partial charge in [-0.3, -0.25) is 0 Å². The predicted octanol–water partition coefficient (Wildman–Crippen LogP) is 3.40. The minimum Gasteiger partial charge on any atom is -0.398 e. The van der Waals surface area contributed by atoms with Crippen LogP contribution in [0.25, 0.3) is 0 Å². The Morgan fingerprint density at radius 1 is 1.00 bits per heavy atom. The molecule has 2 heteroatoms. The van der Waals surface area contributed by atoms with Crippen molar-refractivity contribution in [2.45, 2.75) is 6.92 Å². The predicted molar refractivity (Wildman–Crippen MR) is 78.0 cm³/mol. The third-order valence-corrected chi connectivity index (χ3v) is 2.68. The van der Waals surface area contributed by atoms with E-state index in [1.807, 2.05) is 61.5 Å². The second-order valence-electron chi connectivity index (χ2n) is 4.05. The van der Waals surface area contributed by atoms with E-state index in [1.54, 1.807) is 0 Å². The molecule has 2 rings (SSSR count). The Balaban J connectivity index is 2.36. The molecular formula is C17H15NO. The Morgan fingerprint density at radius 3 is 2.37 bits per heavy atom. The maximum Gasteiger partial charge on any atom is 0.160 e. The molecule has 0 radical (unpaired) electrons. The van der Waals surface area contributed by atoms with E-state index in [9.17, 15) is 0 Å². The summed E-state index contributed by atoms with van der Waals surface area (Å²) in [5.41, 5.74) is 3.72. The van der Waals surface area contributed by atoms with Gasteiger partial charge < -0.3 is 4.84 Å². The summed E-state index contributed by atoms with van der Waals surface area (Å²) in [6, 6.07) is 17.8. The summed E-state index contributed by atoms with van der Waals surface area (Å²) >= 11 is 0. The maximum atomic E-state index is 4.89. The maximum absolute atomic E-state index is 4.89. The van der Waals surface area contributed by atoms with Crippen molar-refractivity contribution in [1.82, 2.24) is 0 Å². The molecule has 0 aliphatic rings. The van der Waals surface area contributed by atoms with Gasteiger partial charge in [-0.15, -0.1) is 0 Å². The highest BCUT2D eigenvalue weighted by atomic mass is 16.6. The van der Waals surface area contributed by atoms with Crippen LogP contribution >= 0.6 is 0 Å². The highest BCUT2D eigenvalue weighted by Crippen LogP contribution is 2.09. The van der Waals surface area contributed by atoms with Crippen molar-refractivity contribution < 1.29 is 4.84 Å². The fraction of sp³-hybridized carbons (Fsp3) is 0.118. The van der Waals surface area contributed by atoms with Gasteiger partial charge in [-0.2, -0.15) is 0 Å². The average Bonchev–Trinajstić information content (AvgIpc) is 2.45. The molecule has 0 bridgehead atoms. The Kier molecular flexibility index (Phi) is 4.36. The summed E-state index contributed by atoms with van der Waals surface area (Å²) in [4.78, 5) is 4.89. The SMILES string of the molecule is CO/N=C(/C#Cc1ccccc1)c1ccccc1C. The van der Waals surface area contributed by atoms with Gasteiger partial charge in [0, 0.05) is 11.1 Å². The standard InChI is InChI=1S/C17H15NO/c1-14-8-6-7-11-16(14)17(18-19-2)13-12-15-9-4-3-5-10-15/h3-11H,1-2H3/b18-17-. The second-order valence-corrected chi connectivity index (χ2v) is 4.05. The van der Waals surface area contributed by atoms with Gasteiger partial charge in [0.2, 0.25) is 0 Å². The topological polar surface area (TPSA) is 21.6 Å². The summed E-state index contributed by atoms with van der Waals surface area (Å²) in [5, 5.41) is 4.01. The molecule has 2 aromatic carbocycles. The Labute approximate surface area is 113 Å². The molecule has 0 spiro atoms. The summed E-state index contributed by atoms with van der Waals surface area (Å²) in [6.07, 6.45) is 0. The highest BCUT2D eigenvalue weighted by Gasteiger charge is 2.03. The molecule has 19 heavy (non-hydrogen) atoms. The molecule has 0 saturated carbocycles. The zero-order valence-corrected chi connectivity index (χ0v) is 11.1. The Morgan fingerprint density at radius 2 is 1.68 bits per heavy atom. The molecule has 2 nitrogen and oxygen atoms in total. The molecule has 0 amide bonds. The molecule has 94 valence electrons. The number of aryl methyl sites for hydroxylation is 1. The van der Waals surface area contributed by atoms with Crippen LogP contribution in [0.1, 0.15) is 16.7 Å². The van der Waals surface area contributed by atoms with Crippen LogP contribution in [0.2, 0.25) is 0 Å². The lowest BCUT2D eigenvalue weighted by Gasteiger charge is -2.02. The molecular weight excluding hydrogens is 234 g/mol. The van der Waals surface area contributed by atoms with Gasteiger partial charge in [-0.05, 0) is 30.5 Å². The van der Waals surface area contributed by atoms with Crippen LogP contribution < -0.4 is 0 Å². The summed E-state index contributed by atoms with van der Waals surface area (Å²) in [6.45, 7) is 2.03. The van der Waals surface area contributed by atoms with Crippen LogP contribution in [-0.4, -0.2) is 12.8 Å². The van der Waals surface area contributed by atoms with Gasteiger partial charge in [-0.1, -0.05) is 53.5 Å². The molecule has 0 heterocycles. The van der Waals surface area contributed by atoms with Crippen molar-refractivity contribution in [2.24, 2.45) is 5.16 Å². The minimum atomic E-state index is 0.643. The first kappa shape index (κ1) is 12.9. The average molecular weight is 249 g/mol. The van der Waals surface area contributed by atoms with Crippen molar-refractivity contribution in [2.75, 3.05) is 7.11 Å². The van der Waals surface area contributed by atoms with Crippen molar-refractivity contribution >= 4 is 5.71 Å². The fourth-order valence-electron chi connectivity index (χ4n) is 1.72. The molecule has 0 fully saturated rings. The van der Waals surface area contributed by atoms with Crippen LogP contribution in [0.5, 0.6) is 0 Å². The minimum absolute atomic E-state index is 0.643. The number of benzene rings is 2. The van der Waals surface area contributed by atoms with Crippen LogP contribution in [0, 0.1) is 18.8 Å². The highest BCUT2D eigenvalue weighted by molar-refractivity contribution is 6.13.